The molecule has 0 aliphatic heterocycles. The highest BCUT2D eigenvalue weighted by molar-refractivity contribution is 5.35. The van der Waals surface area contributed by atoms with Gasteiger partial charge in [-0.1, -0.05) is 0 Å². The van der Waals surface area contributed by atoms with E-state index in [1.807, 2.05) is 19.1 Å². The quantitative estimate of drug-likeness (QED) is 0.854. The van der Waals surface area contributed by atoms with Gasteiger partial charge in [-0.25, -0.2) is 0 Å². The predicted octanol–water partition coefficient (Wildman–Crippen LogP) is 2.54. The minimum absolute atomic E-state index is 0.437. The molecule has 0 aromatic carbocycles. The monoisotopic (exact) mass is 222 g/mol. The minimum Gasteiger partial charge on any atom is -0.446 e. The fourth-order valence-corrected chi connectivity index (χ4v) is 2.47. The predicted molar refractivity (Wildman–Crippen MR) is 66.6 cm³/mol. The Bertz CT molecular complexity index is 326. The maximum absolute atomic E-state index is 5.91. The molecule has 0 amide bonds. The van der Waals surface area contributed by atoms with Crippen molar-refractivity contribution >= 4 is 5.88 Å². The molecule has 3 heteroatoms. The molecule has 0 saturated heterocycles. The third kappa shape index (κ3) is 2.79. The van der Waals surface area contributed by atoms with Crippen LogP contribution in [0.2, 0.25) is 0 Å². The Labute approximate surface area is 97.6 Å². The molecule has 1 saturated carbocycles. The van der Waals surface area contributed by atoms with Crippen LogP contribution in [0, 0.1) is 12.8 Å². The summed E-state index contributed by atoms with van der Waals surface area (Å²) in [6.07, 6.45) is 4.86. The second-order valence-corrected chi connectivity index (χ2v) is 5.05. The van der Waals surface area contributed by atoms with Crippen LogP contribution in [0.3, 0.4) is 0 Å². The summed E-state index contributed by atoms with van der Waals surface area (Å²) < 4.78 is 5.61. The van der Waals surface area contributed by atoms with Crippen molar-refractivity contribution in [1.82, 2.24) is 0 Å². The van der Waals surface area contributed by atoms with Crippen molar-refractivity contribution in [3.05, 3.63) is 17.9 Å². The van der Waals surface area contributed by atoms with Crippen molar-refractivity contribution in [3.63, 3.8) is 0 Å². The summed E-state index contributed by atoms with van der Waals surface area (Å²) in [5, 5.41) is 0. The third-order valence-corrected chi connectivity index (χ3v) is 3.53. The van der Waals surface area contributed by atoms with E-state index in [2.05, 4.69) is 11.9 Å². The number of hydrogen-bond donors (Lipinski definition) is 1. The molecule has 1 heterocycles. The smallest absolute Gasteiger partial charge is 0.195 e. The van der Waals surface area contributed by atoms with Gasteiger partial charge in [0.1, 0.15) is 5.76 Å². The molecule has 90 valence electrons. The molecule has 0 radical (unpaired) electrons. The topological polar surface area (TPSA) is 42.4 Å². The molecule has 1 aliphatic rings. The molecule has 1 aromatic heterocycles. The van der Waals surface area contributed by atoms with E-state index < -0.39 is 0 Å². The molecule has 1 aliphatic carbocycles. The van der Waals surface area contributed by atoms with Crippen molar-refractivity contribution < 1.29 is 4.42 Å². The molecule has 1 aromatic rings. The van der Waals surface area contributed by atoms with Gasteiger partial charge in [0.15, 0.2) is 5.88 Å². The number of rotatable bonds is 3. The molecule has 2 rings (SSSR count). The van der Waals surface area contributed by atoms with Crippen molar-refractivity contribution in [2.45, 2.75) is 38.6 Å². The molecule has 0 atom stereocenters. The van der Waals surface area contributed by atoms with Crippen LogP contribution >= 0.6 is 0 Å². The van der Waals surface area contributed by atoms with Gasteiger partial charge in [-0.15, -0.1) is 0 Å². The summed E-state index contributed by atoms with van der Waals surface area (Å²) in [6, 6.07) is 4.50. The number of anilines is 1. The molecule has 2 N–H and O–H groups in total. The summed E-state index contributed by atoms with van der Waals surface area (Å²) in [4.78, 5) is 2.22. The van der Waals surface area contributed by atoms with Gasteiger partial charge in [0.25, 0.3) is 0 Å². The van der Waals surface area contributed by atoms with Crippen LogP contribution in [-0.4, -0.2) is 19.6 Å². The van der Waals surface area contributed by atoms with Crippen molar-refractivity contribution in [2.24, 2.45) is 11.7 Å². The van der Waals surface area contributed by atoms with Crippen LogP contribution in [-0.2, 0) is 0 Å². The molecule has 3 nitrogen and oxygen atoms in total. The van der Waals surface area contributed by atoms with E-state index in [4.69, 9.17) is 10.2 Å². The summed E-state index contributed by atoms with van der Waals surface area (Å²) in [5.41, 5.74) is 5.91. The van der Waals surface area contributed by atoms with Crippen molar-refractivity contribution in [2.75, 3.05) is 18.5 Å². The molecule has 0 bridgehead atoms. The van der Waals surface area contributed by atoms with Gasteiger partial charge < -0.3 is 15.1 Å². The highest BCUT2D eigenvalue weighted by Crippen LogP contribution is 2.26. The molecular weight excluding hydrogens is 200 g/mol. The lowest BCUT2D eigenvalue weighted by molar-refractivity contribution is 0.326. The Morgan fingerprint density at radius 1 is 1.31 bits per heavy atom. The second kappa shape index (κ2) is 4.91. The fraction of sp³-hybridized carbons (Fsp3) is 0.692. The fourth-order valence-electron chi connectivity index (χ4n) is 2.47. The minimum atomic E-state index is 0.437. The number of furan rings is 1. The average molecular weight is 222 g/mol. The number of nitrogens with zero attached hydrogens (tertiary/aromatic N) is 1. The van der Waals surface area contributed by atoms with Crippen LogP contribution in [0.1, 0.15) is 31.4 Å². The highest BCUT2D eigenvalue weighted by atomic mass is 16.4. The molecule has 16 heavy (non-hydrogen) atoms. The largest absolute Gasteiger partial charge is 0.446 e. The zero-order valence-electron chi connectivity index (χ0n) is 10.3. The van der Waals surface area contributed by atoms with E-state index in [9.17, 15) is 0 Å². The summed E-state index contributed by atoms with van der Waals surface area (Å²) >= 11 is 0. The Hall–Kier alpha value is -0.960. The van der Waals surface area contributed by atoms with Gasteiger partial charge in [0.05, 0.1) is 0 Å². The van der Waals surface area contributed by atoms with Crippen molar-refractivity contribution in [1.29, 1.82) is 0 Å². The van der Waals surface area contributed by atoms with Crippen molar-refractivity contribution in [3.8, 4) is 0 Å². The van der Waals surface area contributed by atoms with Gasteiger partial charge in [-0.05, 0) is 44.6 Å². The van der Waals surface area contributed by atoms with Crippen LogP contribution in [0.15, 0.2) is 16.5 Å². The van der Waals surface area contributed by atoms with Crippen LogP contribution in [0.4, 0.5) is 5.88 Å². The van der Waals surface area contributed by atoms with E-state index in [0.29, 0.717) is 6.04 Å². The molecule has 0 spiro atoms. The lowest BCUT2D eigenvalue weighted by atomic mass is 9.86. The zero-order chi connectivity index (χ0) is 11.5. The summed E-state index contributed by atoms with van der Waals surface area (Å²) in [5.74, 6) is 2.73. The van der Waals surface area contributed by atoms with Crippen LogP contribution in [0.5, 0.6) is 0 Å². The number of hydrogen-bond acceptors (Lipinski definition) is 3. The van der Waals surface area contributed by atoms with E-state index in [1.54, 1.807) is 0 Å². The van der Waals surface area contributed by atoms with E-state index in [-0.39, 0.29) is 0 Å². The van der Waals surface area contributed by atoms with Gasteiger partial charge in [0.2, 0.25) is 0 Å². The Balaban J connectivity index is 1.85. The van der Waals surface area contributed by atoms with Gasteiger partial charge in [-0.2, -0.15) is 0 Å². The van der Waals surface area contributed by atoms with E-state index >= 15 is 0 Å². The average Bonchev–Trinajstić information content (AvgIpc) is 2.68. The second-order valence-electron chi connectivity index (χ2n) is 5.05. The maximum atomic E-state index is 5.91. The first kappa shape index (κ1) is 11.5. The molecule has 1 fully saturated rings. The molecule has 0 unspecified atom stereocenters. The van der Waals surface area contributed by atoms with Crippen LogP contribution < -0.4 is 10.6 Å². The SMILES string of the molecule is Cc1ccc(N(C)CC2CCC(N)CC2)o1. The number of nitrogens with two attached hydrogens (primary N) is 1. The van der Waals surface area contributed by atoms with Gasteiger partial charge in [0, 0.05) is 25.7 Å². The summed E-state index contributed by atoms with van der Waals surface area (Å²) in [7, 11) is 2.10. The Morgan fingerprint density at radius 2 is 2.00 bits per heavy atom. The first-order chi connectivity index (χ1) is 7.65. The lowest BCUT2D eigenvalue weighted by Crippen LogP contribution is -2.32. The molecular formula is C13H22N2O. The summed E-state index contributed by atoms with van der Waals surface area (Å²) in [6.45, 7) is 3.07. The highest BCUT2D eigenvalue weighted by Gasteiger charge is 2.20. The Morgan fingerprint density at radius 3 is 2.56 bits per heavy atom. The maximum Gasteiger partial charge on any atom is 0.195 e. The Kier molecular flexibility index (Phi) is 3.54. The lowest BCUT2D eigenvalue weighted by Gasteiger charge is -2.29. The van der Waals surface area contributed by atoms with Gasteiger partial charge >= 0.3 is 0 Å². The standard InChI is InChI=1S/C13H22N2O/c1-10-3-8-13(16-10)15(2)9-11-4-6-12(14)7-5-11/h3,8,11-12H,4-7,9,14H2,1-2H3. The van der Waals surface area contributed by atoms with E-state index in [1.165, 1.54) is 25.7 Å². The number of aryl methyl sites for hydroxylation is 1. The normalized spacial score (nSPS) is 25.7. The third-order valence-electron chi connectivity index (χ3n) is 3.53. The first-order valence-electron chi connectivity index (χ1n) is 6.18. The van der Waals surface area contributed by atoms with E-state index in [0.717, 1.165) is 24.1 Å². The first-order valence-corrected chi connectivity index (χ1v) is 6.18. The van der Waals surface area contributed by atoms with Crippen LogP contribution in [0.25, 0.3) is 0 Å². The van der Waals surface area contributed by atoms with Gasteiger partial charge in [-0.3, -0.25) is 0 Å². The zero-order valence-corrected chi connectivity index (χ0v) is 10.3.